The first-order valence-corrected chi connectivity index (χ1v) is 4.48. The quantitative estimate of drug-likeness (QED) is 0.683. The predicted molar refractivity (Wildman–Crippen MR) is 51.3 cm³/mol. The van der Waals surface area contributed by atoms with Crippen molar-refractivity contribution < 1.29 is 14.6 Å². The molecule has 0 fully saturated rings. The summed E-state index contributed by atoms with van der Waals surface area (Å²) in [6.45, 7) is 9.18. The smallest absolute Gasteiger partial charge is 0.302 e. The minimum atomic E-state index is -0.719. The zero-order valence-electron chi connectivity index (χ0n) is 9.18. The number of hydrogen-bond donors (Lipinski definition) is 1. The van der Waals surface area contributed by atoms with Crippen LogP contribution in [0.4, 0.5) is 0 Å². The van der Waals surface area contributed by atoms with Gasteiger partial charge in [0.2, 0.25) is 0 Å². The highest BCUT2D eigenvalue weighted by Gasteiger charge is 2.27. The highest BCUT2D eigenvalue weighted by molar-refractivity contribution is 5.65. The van der Waals surface area contributed by atoms with Crippen LogP contribution in [0.3, 0.4) is 0 Å². The van der Waals surface area contributed by atoms with Crippen LogP contribution in [0.1, 0.15) is 41.0 Å². The molecule has 0 heterocycles. The molecule has 0 amide bonds. The van der Waals surface area contributed by atoms with Gasteiger partial charge >= 0.3 is 5.97 Å². The van der Waals surface area contributed by atoms with Gasteiger partial charge in [0.1, 0.15) is 0 Å². The Balaban J connectivity index is 4.01. The second-order valence-electron chi connectivity index (χ2n) is 4.93. The van der Waals surface area contributed by atoms with E-state index in [1.807, 2.05) is 13.8 Å². The third-order valence-corrected chi connectivity index (χ3v) is 1.58. The largest absolute Gasteiger partial charge is 0.465 e. The number of hydrogen-bond acceptors (Lipinski definition) is 3. The van der Waals surface area contributed by atoms with E-state index in [9.17, 15) is 9.90 Å². The van der Waals surface area contributed by atoms with Crippen LogP contribution in [0.15, 0.2) is 0 Å². The van der Waals surface area contributed by atoms with Gasteiger partial charge in [-0.05, 0) is 20.3 Å². The van der Waals surface area contributed by atoms with Crippen LogP contribution >= 0.6 is 0 Å². The van der Waals surface area contributed by atoms with Crippen LogP contribution in [0, 0.1) is 5.41 Å². The Morgan fingerprint density at radius 2 is 1.77 bits per heavy atom. The molecule has 0 bridgehead atoms. The second-order valence-corrected chi connectivity index (χ2v) is 4.93. The molecule has 78 valence electrons. The van der Waals surface area contributed by atoms with Crippen molar-refractivity contribution in [1.82, 2.24) is 0 Å². The van der Waals surface area contributed by atoms with Crippen molar-refractivity contribution in [3.63, 3.8) is 0 Å². The maximum absolute atomic E-state index is 10.6. The molecule has 1 N–H and O–H groups in total. The summed E-state index contributed by atoms with van der Waals surface area (Å²) in [5.74, 6) is -0.274. The molecule has 3 nitrogen and oxygen atoms in total. The summed E-state index contributed by atoms with van der Waals surface area (Å²) in [5, 5.41) is 9.58. The molecule has 0 aromatic carbocycles. The molecule has 0 spiro atoms. The predicted octanol–water partition coefficient (Wildman–Crippen LogP) is 1.74. The van der Waals surface area contributed by atoms with Crippen molar-refractivity contribution in [2.24, 2.45) is 5.41 Å². The molecule has 0 aliphatic carbocycles. The highest BCUT2D eigenvalue weighted by Crippen LogP contribution is 2.27. The third kappa shape index (κ3) is 7.78. The Kier molecular flexibility index (Phi) is 3.91. The topological polar surface area (TPSA) is 46.5 Å². The first-order valence-electron chi connectivity index (χ1n) is 4.48. The summed E-state index contributed by atoms with van der Waals surface area (Å²) < 4.78 is 4.90. The molecular formula is C10H20O3. The molecule has 0 aliphatic heterocycles. The van der Waals surface area contributed by atoms with Gasteiger partial charge < -0.3 is 9.84 Å². The van der Waals surface area contributed by atoms with Crippen LogP contribution in [-0.4, -0.2) is 23.3 Å². The van der Waals surface area contributed by atoms with Crippen molar-refractivity contribution in [2.45, 2.75) is 46.6 Å². The van der Waals surface area contributed by atoms with E-state index in [1.54, 1.807) is 13.8 Å². The van der Waals surface area contributed by atoms with E-state index in [2.05, 4.69) is 0 Å². The number of rotatable bonds is 4. The van der Waals surface area contributed by atoms with Gasteiger partial charge in [0.05, 0.1) is 12.2 Å². The van der Waals surface area contributed by atoms with Crippen LogP contribution in [-0.2, 0) is 9.53 Å². The van der Waals surface area contributed by atoms with Gasteiger partial charge in [-0.15, -0.1) is 0 Å². The Hall–Kier alpha value is -0.570. The van der Waals surface area contributed by atoms with Gasteiger partial charge in [-0.2, -0.15) is 0 Å². The molecule has 0 aromatic heterocycles. The fourth-order valence-corrected chi connectivity index (χ4v) is 1.52. The summed E-state index contributed by atoms with van der Waals surface area (Å²) in [6, 6.07) is 0. The number of ether oxygens (including phenoxy) is 1. The van der Waals surface area contributed by atoms with E-state index in [1.165, 1.54) is 6.92 Å². The van der Waals surface area contributed by atoms with E-state index in [0.29, 0.717) is 13.0 Å². The number of aliphatic hydroxyl groups is 1. The number of carbonyl (C=O) groups excluding carboxylic acids is 1. The molecule has 0 aliphatic rings. The van der Waals surface area contributed by atoms with Gasteiger partial charge in [0, 0.05) is 12.3 Å². The molecule has 0 saturated carbocycles. The fourth-order valence-electron chi connectivity index (χ4n) is 1.52. The van der Waals surface area contributed by atoms with E-state index in [-0.39, 0.29) is 11.4 Å². The van der Waals surface area contributed by atoms with Crippen molar-refractivity contribution in [2.75, 3.05) is 6.61 Å². The lowest BCUT2D eigenvalue weighted by molar-refractivity contribution is -0.145. The number of esters is 1. The van der Waals surface area contributed by atoms with Crippen molar-refractivity contribution >= 4 is 5.97 Å². The summed E-state index contributed by atoms with van der Waals surface area (Å²) in [5.41, 5.74) is -0.895. The fraction of sp³-hybridized carbons (Fsp3) is 0.900. The van der Waals surface area contributed by atoms with Crippen LogP contribution in [0.5, 0.6) is 0 Å². The van der Waals surface area contributed by atoms with E-state index in [4.69, 9.17) is 4.74 Å². The standard InChI is InChI=1S/C10H20O3/c1-8(11)13-7-9(2,3)6-10(4,5)12/h12H,6-7H2,1-5H3. The molecular weight excluding hydrogens is 168 g/mol. The van der Waals surface area contributed by atoms with Gasteiger partial charge in [-0.1, -0.05) is 13.8 Å². The average Bonchev–Trinajstić information content (AvgIpc) is 1.78. The van der Waals surface area contributed by atoms with Gasteiger partial charge in [-0.25, -0.2) is 0 Å². The highest BCUT2D eigenvalue weighted by atomic mass is 16.5. The lowest BCUT2D eigenvalue weighted by Crippen LogP contribution is -2.32. The lowest BCUT2D eigenvalue weighted by Gasteiger charge is -2.30. The Bertz CT molecular complexity index is 177. The summed E-state index contributed by atoms with van der Waals surface area (Å²) in [6.07, 6.45) is 0.604. The molecule has 13 heavy (non-hydrogen) atoms. The minimum Gasteiger partial charge on any atom is -0.465 e. The first kappa shape index (κ1) is 12.4. The monoisotopic (exact) mass is 188 g/mol. The summed E-state index contributed by atoms with van der Waals surface area (Å²) in [4.78, 5) is 10.6. The first-order chi connectivity index (χ1) is 5.62. The molecule has 0 aromatic rings. The van der Waals surface area contributed by atoms with Gasteiger partial charge in [0.25, 0.3) is 0 Å². The molecule has 0 saturated heterocycles. The summed E-state index contributed by atoms with van der Waals surface area (Å²) in [7, 11) is 0. The molecule has 0 rings (SSSR count). The van der Waals surface area contributed by atoms with E-state index < -0.39 is 5.60 Å². The second kappa shape index (κ2) is 4.09. The Morgan fingerprint density at radius 3 is 2.08 bits per heavy atom. The molecule has 0 unspecified atom stereocenters. The maximum atomic E-state index is 10.6. The molecule has 0 atom stereocenters. The van der Waals surface area contributed by atoms with Crippen LogP contribution in [0.2, 0.25) is 0 Å². The minimum absolute atomic E-state index is 0.177. The zero-order valence-corrected chi connectivity index (χ0v) is 9.18. The maximum Gasteiger partial charge on any atom is 0.302 e. The third-order valence-electron chi connectivity index (χ3n) is 1.58. The van der Waals surface area contributed by atoms with Gasteiger partial charge in [0.15, 0.2) is 0 Å². The van der Waals surface area contributed by atoms with E-state index >= 15 is 0 Å². The van der Waals surface area contributed by atoms with Crippen LogP contribution in [0.25, 0.3) is 0 Å². The normalized spacial score (nSPS) is 12.8. The van der Waals surface area contributed by atoms with Crippen molar-refractivity contribution in [3.8, 4) is 0 Å². The Morgan fingerprint density at radius 1 is 1.31 bits per heavy atom. The van der Waals surface area contributed by atoms with Gasteiger partial charge in [-0.3, -0.25) is 4.79 Å². The zero-order chi connectivity index (χ0) is 10.7. The SMILES string of the molecule is CC(=O)OCC(C)(C)CC(C)(C)O. The van der Waals surface area contributed by atoms with Crippen molar-refractivity contribution in [3.05, 3.63) is 0 Å². The molecule has 3 heteroatoms. The van der Waals surface area contributed by atoms with Crippen LogP contribution < -0.4 is 0 Å². The molecule has 0 radical (unpaired) electrons. The lowest BCUT2D eigenvalue weighted by atomic mass is 9.82. The average molecular weight is 188 g/mol. The van der Waals surface area contributed by atoms with Crippen molar-refractivity contribution in [1.29, 1.82) is 0 Å². The number of carbonyl (C=O) groups is 1. The Labute approximate surface area is 80.1 Å². The summed E-state index contributed by atoms with van der Waals surface area (Å²) >= 11 is 0. The van der Waals surface area contributed by atoms with E-state index in [0.717, 1.165) is 0 Å².